The van der Waals surface area contributed by atoms with E-state index in [-0.39, 0.29) is 5.54 Å². The highest BCUT2D eigenvalue weighted by Crippen LogP contribution is 2.39. The van der Waals surface area contributed by atoms with E-state index >= 15 is 0 Å². The molecule has 4 rings (SSSR count). The van der Waals surface area contributed by atoms with Crippen molar-refractivity contribution in [3.05, 3.63) is 71.3 Å². The second-order valence-corrected chi connectivity index (χ2v) is 8.24. The summed E-state index contributed by atoms with van der Waals surface area (Å²) in [5.41, 5.74) is 1.90. The molecular formula is C23H27F3N2. The van der Waals surface area contributed by atoms with Crippen molar-refractivity contribution >= 4 is 0 Å². The molecule has 1 spiro atoms. The number of piperidine rings is 1. The van der Waals surface area contributed by atoms with Crippen LogP contribution in [0, 0.1) is 0 Å². The molecule has 5 heteroatoms. The van der Waals surface area contributed by atoms with Crippen LogP contribution in [-0.4, -0.2) is 35.0 Å². The summed E-state index contributed by atoms with van der Waals surface area (Å²) >= 11 is 0. The molecule has 0 amide bonds. The van der Waals surface area contributed by atoms with Crippen molar-refractivity contribution < 1.29 is 13.2 Å². The molecule has 2 aliphatic rings. The Morgan fingerprint density at radius 1 is 0.786 bits per heavy atom. The quantitative estimate of drug-likeness (QED) is 0.698. The van der Waals surface area contributed by atoms with Crippen LogP contribution in [0.5, 0.6) is 0 Å². The van der Waals surface area contributed by atoms with E-state index < -0.39 is 11.7 Å². The Morgan fingerprint density at radius 3 is 2.11 bits per heavy atom. The Hall–Kier alpha value is -1.85. The molecule has 0 bridgehead atoms. The lowest BCUT2D eigenvalue weighted by atomic mass is 9.86. The molecule has 2 heterocycles. The standard InChI is InChI=1S/C23H27F3N2/c24-23(25,26)21-10-8-20(9-11-21)17-28-15-5-13-22(28)12-4-14-27(18-22)16-19-6-2-1-3-7-19/h1-3,6-11H,4-5,12-18H2. The summed E-state index contributed by atoms with van der Waals surface area (Å²) in [4.78, 5) is 5.07. The number of nitrogens with zero attached hydrogens (tertiary/aromatic N) is 2. The van der Waals surface area contributed by atoms with Crippen molar-refractivity contribution in [3.8, 4) is 0 Å². The van der Waals surface area contributed by atoms with Crippen LogP contribution in [0.4, 0.5) is 13.2 Å². The van der Waals surface area contributed by atoms with Gasteiger partial charge in [-0.2, -0.15) is 13.2 Å². The fourth-order valence-corrected chi connectivity index (χ4v) is 4.91. The smallest absolute Gasteiger partial charge is 0.297 e. The second kappa shape index (κ2) is 7.88. The first-order valence-corrected chi connectivity index (χ1v) is 10.1. The number of rotatable bonds is 4. The molecule has 2 aromatic rings. The highest BCUT2D eigenvalue weighted by atomic mass is 19.4. The van der Waals surface area contributed by atoms with E-state index in [2.05, 4.69) is 34.1 Å². The highest BCUT2D eigenvalue weighted by Gasteiger charge is 2.43. The molecule has 28 heavy (non-hydrogen) atoms. The zero-order valence-corrected chi connectivity index (χ0v) is 16.1. The molecular weight excluding hydrogens is 361 g/mol. The van der Waals surface area contributed by atoms with Crippen LogP contribution in [0.1, 0.15) is 42.4 Å². The van der Waals surface area contributed by atoms with E-state index in [1.807, 2.05) is 6.07 Å². The predicted octanol–water partition coefficient (Wildman–Crippen LogP) is 5.34. The van der Waals surface area contributed by atoms with Crippen LogP contribution in [0.2, 0.25) is 0 Å². The van der Waals surface area contributed by atoms with Gasteiger partial charge in [-0.05, 0) is 62.0 Å². The topological polar surface area (TPSA) is 6.48 Å². The molecule has 2 aromatic carbocycles. The monoisotopic (exact) mass is 388 g/mol. The maximum Gasteiger partial charge on any atom is 0.416 e. The third kappa shape index (κ3) is 4.26. The van der Waals surface area contributed by atoms with Crippen LogP contribution in [0.15, 0.2) is 54.6 Å². The summed E-state index contributed by atoms with van der Waals surface area (Å²) < 4.78 is 38.4. The van der Waals surface area contributed by atoms with Crippen molar-refractivity contribution in [2.24, 2.45) is 0 Å². The third-order valence-corrected chi connectivity index (χ3v) is 6.28. The molecule has 1 atom stereocenters. The molecule has 0 N–H and O–H groups in total. The van der Waals surface area contributed by atoms with Gasteiger partial charge in [-0.25, -0.2) is 0 Å². The summed E-state index contributed by atoms with van der Waals surface area (Å²) in [5, 5.41) is 0. The summed E-state index contributed by atoms with van der Waals surface area (Å²) in [6.07, 6.45) is 0.433. The molecule has 0 saturated carbocycles. The normalized spacial score (nSPS) is 24.1. The first-order valence-electron chi connectivity index (χ1n) is 10.1. The number of hydrogen-bond donors (Lipinski definition) is 0. The molecule has 2 nitrogen and oxygen atoms in total. The Kier molecular flexibility index (Phi) is 5.48. The minimum absolute atomic E-state index is 0.162. The molecule has 2 saturated heterocycles. The fraction of sp³-hybridized carbons (Fsp3) is 0.478. The summed E-state index contributed by atoms with van der Waals surface area (Å²) in [7, 11) is 0. The number of likely N-dealkylation sites (tertiary alicyclic amines) is 2. The lowest BCUT2D eigenvalue weighted by Gasteiger charge is -2.46. The van der Waals surface area contributed by atoms with Crippen LogP contribution >= 0.6 is 0 Å². The van der Waals surface area contributed by atoms with E-state index in [0.29, 0.717) is 0 Å². The molecule has 1 unspecified atom stereocenters. The van der Waals surface area contributed by atoms with Gasteiger partial charge in [0.25, 0.3) is 0 Å². The van der Waals surface area contributed by atoms with Crippen molar-refractivity contribution in [1.29, 1.82) is 0 Å². The minimum Gasteiger partial charge on any atom is -0.297 e. The molecule has 0 aliphatic carbocycles. The van der Waals surface area contributed by atoms with Crippen LogP contribution in [-0.2, 0) is 19.3 Å². The Bertz CT molecular complexity index is 773. The molecule has 2 aliphatic heterocycles. The maximum absolute atomic E-state index is 12.8. The van der Waals surface area contributed by atoms with Crippen LogP contribution in [0.25, 0.3) is 0 Å². The average molecular weight is 388 g/mol. The molecule has 2 fully saturated rings. The molecule has 150 valence electrons. The van der Waals surface area contributed by atoms with Gasteiger partial charge in [0.15, 0.2) is 0 Å². The number of benzene rings is 2. The Morgan fingerprint density at radius 2 is 1.43 bits per heavy atom. The zero-order valence-electron chi connectivity index (χ0n) is 16.1. The lowest BCUT2D eigenvalue weighted by Crippen LogP contribution is -2.55. The molecule has 0 aromatic heterocycles. The minimum atomic E-state index is -4.27. The van der Waals surface area contributed by atoms with E-state index in [0.717, 1.165) is 38.3 Å². The second-order valence-electron chi connectivity index (χ2n) is 8.24. The van der Waals surface area contributed by atoms with Gasteiger partial charge in [-0.3, -0.25) is 9.80 Å². The van der Waals surface area contributed by atoms with Crippen molar-refractivity contribution in [2.75, 3.05) is 19.6 Å². The van der Waals surface area contributed by atoms with E-state index in [1.54, 1.807) is 12.1 Å². The third-order valence-electron chi connectivity index (χ3n) is 6.28. The van der Waals surface area contributed by atoms with Gasteiger partial charge in [0.2, 0.25) is 0 Å². The van der Waals surface area contributed by atoms with Gasteiger partial charge in [0.1, 0.15) is 0 Å². The van der Waals surface area contributed by atoms with Crippen molar-refractivity contribution in [1.82, 2.24) is 9.80 Å². The van der Waals surface area contributed by atoms with Gasteiger partial charge in [0.05, 0.1) is 5.56 Å². The van der Waals surface area contributed by atoms with Crippen molar-refractivity contribution in [2.45, 2.75) is 50.5 Å². The fourth-order valence-electron chi connectivity index (χ4n) is 4.91. The average Bonchev–Trinajstić information content (AvgIpc) is 3.03. The van der Waals surface area contributed by atoms with Gasteiger partial charge in [0, 0.05) is 25.2 Å². The first kappa shape index (κ1) is 19.5. The van der Waals surface area contributed by atoms with E-state index in [9.17, 15) is 13.2 Å². The van der Waals surface area contributed by atoms with Crippen LogP contribution in [0.3, 0.4) is 0 Å². The predicted molar refractivity (Wildman–Crippen MR) is 105 cm³/mol. The van der Waals surface area contributed by atoms with Gasteiger partial charge >= 0.3 is 6.18 Å². The first-order chi connectivity index (χ1) is 13.4. The summed E-state index contributed by atoms with van der Waals surface area (Å²) in [6, 6.07) is 16.3. The lowest BCUT2D eigenvalue weighted by molar-refractivity contribution is -0.137. The SMILES string of the molecule is FC(F)(F)c1ccc(CN2CCCC23CCCN(Cc2ccccc2)C3)cc1. The van der Waals surface area contributed by atoms with Gasteiger partial charge < -0.3 is 0 Å². The number of halogens is 3. The van der Waals surface area contributed by atoms with Gasteiger partial charge in [-0.15, -0.1) is 0 Å². The summed E-state index contributed by atoms with van der Waals surface area (Å²) in [5.74, 6) is 0. The highest BCUT2D eigenvalue weighted by molar-refractivity contribution is 5.25. The number of hydrogen-bond acceptors (Lipinski definition) is 2. The Labute approximate surface area is 165 Å². The summed E-state index contributed by atoms with van der Waals surface area (Å²) in [6.45, 7) is 4.89. The van der Waals surface area contributed by atoms with Crippen molar-refractivity contribution in [3.63, 3.8) is 0 Å². The maximum atomic E-state index is 12.8. The Balaban J connectivity index is 1.44. The van der Waals surface area contributed by atoms with Gasteiger partial charge in [-0.1, -0.05) is 42.5 Å². The molecule has 0 radical (unpaired) electrons. The number of alkyl halides is 3. The van der Waals surface area contributed by atoms with Crippen LogP contribution < -0.4 is 0 Å². The zero-order chi connectivity index (χ0) is 19.6. The largest absolute Gasteiger partial charge is 0.416 e. The van der Waals surface area contributed by atoms with E-state index in [1.165, 1.54) is 43.4 Å². The van der Waals surface area contributed by atoms with E-state index in [4.69, 9.17) is 0 Å².